The van der Waals surface area contributed by atoms with E-state index < -0.39 is 6.10 Å². The summed E-state index contributed by atoms with van der Waals surface area (Å²) in [6.45, 7) is 5.74. The zero-order chi connectivity index (χ0) is 10.9. The fourth-order valence-corrected chi connectivity index (χ4v) is 2.07. The number of carbonyl (C=O) groups excluding carboxylic acids is 1. The average Bonchev–Trinajstić information content (AvgIpc) is 2.16. The Morgan fingerprint density at radius 2 is 2.07 bits per heavy atom. The smallest absolute Gasteiger partial charge is 0.136 e. The highest BCUT2D eigenvalue weighted by Gasteiger charge is 2.41. The lowest BCUT2D eigenvalue weighted by Gasteiger charge is -2.32. The maximum Gasteiger partial charge on any atom is 0.136 e. The van der Waals surface area contributed by atoms with Gasteiger partial charge in [-0.2, -0.15) is 0 Å². The van der Waals surface area contributed by atoms with Gasteiger partial charge in [0.25, 0.3) is 0 Å². The zero-order valence-electron chi connectivity index (χ0n) is 9.41. The van der Waals surface area contributed by atoms with E-state index in [0.29, 0.717) is 12.8 Å². The van der Waals surface area contributed by atoms with Gasteiger partial charge in [-0.1, -0.05) is 20.8 Å². The lowest BCUT2D eigenvalue weighted by molar-refractivity contribution is -0.124. The Bertz CT molecular complexity index is 223. The predicted molar refractivity (Wildman–Crippen MR) is 54.0 cm³/mol. The highest BCUT2D eigenvalue weighted by molar-refractivity contribution is 5.81. The number of hydrogen-bond acceptors (Lipinski definition) is 3. The maximum absolute atomic E-state index is 11.7. The topological polar surface area (TPSA) is 46.5 Å². The lowest BCUT2D eigenvalue weighted by Crippen LogP contribution is -2.39. The van der Waals surface area contributed by atoms with Crippen LogP contribution in [-0.4, -0.2) is 30.2 Å². The van der Waals surface area contributed by atoms with E-state index in [-0.39, 0.29) is 23.2 Å². The number of ether oxygens (including phenoxy) is 1. The van der Waals surface area contributed by atoms with E-state index in [0.717, 1.165) is 0 Å². The molecule has 1 aliphatic rings. The van der Waals surface area contributed by atoms with Crippen LogP contribution in [0.25, 0.3) is 0 Å². The number of methoxy groups -OCH3 is 1. The highest BCUT2D eigenvalue weighted by Crippen LogP contribution is 2.35. The number of hydrogen-bond donors (Lipinski definition) is 1. The molecule has 1 aliphatic carbocycles. The fraction of sp³-hybridized carbons (Fsp3) is 0.909. The molecule has 3 nitrogen and oxygen atoms in total. The van der Waals surface area contributed by atoms with Crippen molar-refractivity contribution in [3.63, 3.8) is 0 Å². The first-order valence-corrected chi connectivity index (χ1v) is 5.12. The standard InChI is InChI=1S/C11H20O3/c1-7-5-9(14-4)10(13)11(2,3)6-8(7)12/h7,9-10,13H,5-6H2,1-4H3. The van der Waals surface area contributed by atoms with Gasteiger partial charge in [-0.3, -0.25) is 4.79 Å². The summed E-state index contributed by atoms with van der Waals surface area (Å²) in [5.74, 6) is 0.227. The van der Waals surface area contributed by atoms with E-state index >= 15 is 0 Å². The second kappa shape index (κ2) is 3.99. The van der Waals surface area contributed by atoms with Crippen molar-refractivity contribution in [2.24, 2.45) is 11.3 Å². The molecule has 0 amide bonds. The Morgan fingerprint density at radius 1 is 1.50 bits per heavy atom. The minimum atomic E-state index is -0.554. The molecule has 0 aromatic rings. The number of ketones is 1. The van der Waals surface area contributed by atoms with Gasteiger partial charge < -0.3 is 9.84 Å². The molecule has 0 saturated heterocycles. The largest absolute Gasteiger partial charge is 0.390 e. The van der Waals surface area contributed by atoms with Gasteiger partial charge in [-0.25, -0.2) is 0 Å². The van der Waals surface area contributed by atoms with E-state index in [2.05, 4.69) is 0 Å². The molecule has 82 valence electrons. The van der Waals surface area contributed by atoms with Crippen LogP contribution >= 0.6 is 0 Å². The summed E-state index contributed by atoms with van der Waals surface area (Å²) >= 11 is 0. The summed E-state index contributed by atoms with van der Waals surface area (Å²) in [7, 11) is 1.59. The van der Waals surface area contributed by atoms with Crippen molar-refractivity contribution in [1.82, 2.24) is 0 Å². The molecule has 0 aliphatic heterocycles. The Hall–Kier alpha value is -0.410. The lowest BCUT2D eigenvalue weighted by atomic mass is 9.81. The Labute approximate surface area is 85.5 Å². The molecule has 3 atom stereocenters. The molecule has 1 rings (SSSR count). The van der Waals surface area contributed by atoms with Gasteiger partial charge >= 0.3 is 0 Å². The first-order valence-electron chi connectivity index (χ1n) is 5.12. The molecule has 1 saturated carbocycles. The van der Waals surface area contributed by atoms with Crippen LogP contribution in [0.5, 0.6) is 0 Å². The third-order valence-corrected chi connectivity index (χ3v) is 3.22. The first-order chi connectivity index (χ1) is 6.38. The van der Waals surface area contributed by atoms with Crippen molar-refractivity contribution in [2.45, 2.75) is 45.8 Å². The van der Waals surface area contributed by atoms with Crippen molar-refractivity contribution < 1.29 is 14.6 Å². The van der Waals surface area contributed by atoms with E-state index in [1.54, 1.807) is 7.11 Å². The summed E-state index contributed by atoms with van der Waals surface area (Å²) in [5, 5.41) is 10.0. The monoisotopic (exact) mass is 200 g/mol. The molecule has 0 aromatic carbocycles. The van der Waals surface area contributed by atoms with Crippen LogP contribution in [-0.2, 0) is 9.53 Å². The van der Waals surface area contributed by atoms with E-state index in [1.807, 2.05) is 20.8 Å². The van der Waals surface area contributed by atoms with Crippen molar-refractivity contribution in [2.75, 3.05) is 7.11 Å². The van der Waals surface area contributed by atoms with Gasteiger partial charge in [0.1, 0.15) is 5.78 Å². The Kier molecular flexibility index (Phi) is 3.32. The molecule has 0 bridgehead atoms. The minimum absolute atomic E-state index is 0.00336. The van der Waals surface area contributed by atoms with Crippen LogP contribution in [0.15, 0.2) is 0 Å². The number of Topliss-reactive ketones (excluding diaryl/α,β-unsaturated/α-hetero) is 1. The maximum atomic E-state index is 11.7. The zero-order valence-corrected chi connectivity index (χ0v) is 9.41. The fourth-order valence-electron chi connectivity index (χ4n) is 2.07. The molecular formula is C11H20O3. The van der Waals surface area contributed by atoms with E-state index in [1.165, 1.54) is 0 Å². The summed E-state index contributed by atoms with van der Waals surface area (Å²) < 4.78 is 5.24. The average molecular weight is 200 g/mol. The molecular weight excluding hydrogens is 180 g/mol. The van der Waals surface area contributed by atoms with Crippen molar-refractivity contribution >= 4 is 5.78 Å². The molecule has 3 heteroatoms. The van der Waals surface area contributed by atoms with Crippen LogP contribution in [0.3, 0.4) is 0 Å². The van der Waals surface area contributed by atoms with Gasteiger partial charge in [0, 0.05) is 24.9 Å². The van der Waals surface area contributed by atoms with Gasteiger partial charge in [0.15, 0.2) is 0 Å². The number of carbonyl (C=O) groups is 1. The first kappa shape index (κ1) is 11.7. The molecule has 1 N–H and O–H groups in total. The van der Waals surface area contributed by atoms with Crippen molar-refractivity contribution in [3.8, 4) is 0 Å². The van der Waals surface area contributed by atoms with Crippen LogP contribution in [0.1, 0.15) is 33.6 Å². The summed E-state index contributed by atoms with van der Waals surface area (Å²) in [6, 6.07) is 0. The van der Waals surface area contributed by atoms with Gasteiger partial charge in [0.2, 0.25) is 0 Å². The van der Waals surface area contributed by atoms with E-state index in [9.17, 15) is 9.90 Å². The summed E-state index contributed by atoms with van der Waals surface area (Å²) in [5.41, 5.74) is -0.373. The molecule has 0 radical (unpaired) electrons. The third-order valence-electron chi connectivity index (χ3n) is 3.22. The molecule has 1 fully saturated rings. The summed E-state index contributed by atoms with van der Waals surface area (Å²) in [4.78, 5) is 11.7. The minimum Gasteiger partial charge on any atom is -0.390 e. The molecule has 0 aromatic heterocycles. The van der Waals surface area contributed by atoms with Crippen LogP contribution < -0.4 is 0 Å². The molecule has 0 heterocycles. The summed E-state index contributed by atoms with van der Waals surface area (Å²) in [6.07, 6.45) is 0.294. The quantitative estimate of drug-likeness (QED) is 0.651. The van der Waals surface area contributed by atoms with Crippen molar-refractivity contribution in [3.05, 3.63) is 0 Å². The van der Waals surface area contributed by atoms with Crippen LogP contribution in [0, 0.1) is 11.3 Å². The number of aliphatic hydroxyl groups excluding tert-OH is 1. The normalized spacial score (nSPS) is 38.1. The second-order valence-electron chi connectivity index (χ2n) is 4.99. The SMILES string of the molecule is COC1CC(C)C(=O)CC(C)(C)C1O. The van der Waals surface area contributed by atoms with Gasteiger partial charge in [0.05, 0.1) is 12.2 Å². The van der Waals surface area contributed by atoms with Gasteiger partial charge in [-0.15, -0.1) is 0 Å². The van der Waals surface area contributed by atoms with Crippen molar-refractivity contribution in [1.29, 1.82) is 0 Å². The second-order valence-corrected chi connectivity index (χ2v) is 4.99. The third kappa shape index (κ3) is 2.15. The Balaban J connectivity index is 2.89. The molecule has 3 unspecified atom stereocenters. The number of aliphatic hydroxyl groups is 1. The number of rotatable bonds is 1. The van der Waals surface area contributed by atoms with Crippen LogP contribution in [0.2, 0.25) is 0 Å². The molecule has 0 spiro atoms. The van der Waals surface area contributed by atoms with Crippen LogP contribution in [0.4, 0.5) is 0 Å². The highest BCUT2D eigenvalue weighted by atomic mass is 16.5. The Morgan fingerprint density at radius 3 is 2.57 bits per heavy atom. The predicted octanol–water partition coefficient (Wildman–Crippen LogP) is 1.39. The van der Waals surface area contributed by atoms with Gasteiger partial charge in [-0.05, 0) is 6.42 Å². The molecule has 14 heavy (non-hydrogen) atoms. The van der Waals surface area contributed by atoms with E-state index in [4.69, 9.17) is 4.74 Å².